The Morgan fingerprint density at radius 3 is 2.65 bits per heavy atom. The van der Waals surface area contributed by atoms with Gasteiger partial charge in [-0.15, -0.1) is 10.2 Å². The highest BCUT2D eigenvalue weighted by Crippen LogP contribution is 2.33. The van der Waals surface area contributed by atoms with Crippen molar-refractivity contribution in [1.82, 2.24) is 19.7 Å². The summed E-state index contributed by atoms with van der Waals surface area (Å²) in [5.74, 6) is 2.00. The molecule has 6 nitrogen and oxygen atoms in total. The Hall–Kier alpha value is -3.41. The molecule has 1 amide bonds. The van der Waals surface area contributed by atoms with Crippen LogP contribution < -0.4 is 0 Å². The summed E-state index contributed by atoms with van der Waals surface area (Å²) in [7, 11) is 0. The monoisotopic (exact) mass is 412 g/mol. The van der Waals surface area contributed by atoms with Crippen LogP contribution in [0.4, 0.5) is 0 Å². The lowest BCUT2D eigenvalue weighted by Gasteiger charge is -2.17. The molecule has 2 aromatic carbocycles. The first kappa shape index (κ1) is 18.4. The molecule has 4 aromatic rings. The fourth-order valence-electron chi connectivity index (χ4n) is 4.62. The number of benzene rings is 2. The van der Waals surface area contributed by atoms with Crippen LogP contribution in [0.15, 0.2) is 65.5 Å². The minimum absolute atomic E-state index is 0.303. The number of likely N-dealkylation sites (tertiary alicyclic amines) is 1. The lowest BCUT2D eigenvalue weighted by molar-refractivity contribution is -0.131. The highest BCUT2D eigenvalue weighted by atomic mass is 16.3. The number of carbonyl (C=O) groups is 1. The molecule has 1 aliphatic carbocycles. The molecular weight excluding hydrogens is 388 g/mol. The predicted molar refractivity (Wildman–Crippen MR) is 118 cm³/mol. The zero-order chi connectivity index (χ0) is 20.8. The molecule has 2 aromatic heterocycles. The van der Waals surface area contributed by atoms with Crippen molar-refractivity contribution in [1.29, 1.82) is 0 Å². The van der Waals surface area contributed by atoms with Crippen molar-refractivity contribution in [3.63, 3.8) is 0 Å². The average molecular weight is 412 g/mol. The van der Waals surface area contributed by atoms with E-state index in [9.17, 15) is 4.79 Å². The van der Waals surface area contributed by atoms with Crippen LogP contribution >= 0.6 is 0 Å². The summed E-state index contributed by atoms with van der Waals surface area (Å²) in [6.07, 6.45) is 6.71. The number of nitrogens with zero attached hydrogens (tertiary/aromatic N) is 4. The Kier molecular flexibility index (Phi) is 4.37. The Bertz CT molecular complexity index is 1240. The summed E-state index contributed by atoms with van der Waals surface area (Å²) in [6, 6.07) is 16.7. The number of rotatable bonds is 5. The molecule has 2 aliphatic rings. The van der Waals surface area contributed by atoms with Crippen molar-refractivity contribution in [3.05, 3.63) is 61.1 Å². The molecule has 6 rings (SSSR count). The van der Waals surface area contributed by atoms with Gasteiger partial charge in [-0.3, -0.25) is 4.79 Å². The van der Waals surface area contributed by atoms with Gasteiger partial charge in [0.1, 0.15) is 11.9 Å². The Morgan fingerprint density at radius 1 is 1.00 bits per heavy atom. The normalized spacial score (nSPS) is 18.7. The van der Waals surface area contributed by atoms with Crippen molar-refractivity contribution in [2.24, 2.45) is 11.8 Å². The molecule has 0 unspecified atom stereocenters. The average Bonchev–Trinajstić information content (AvgIpc) is 3.17. The topological polar surface area (TPSA) is 64.2 Å². The van der Waals surface area contributed by atoms with Gasteiger partial charge in [0, 0.05) is 36.5 Å². The fourth-order valence-corrected chi connectivity index (χ4v) is 4.62. The van der Waals surface area contributed by atoms with Crippen LogP contribution in [0.2, 0.25) is 0 Å². The second-order valence-corrected chi connectivity index (χ2v) is 8.77. The summed E-state index contributed by atoms with van der Waals surface area (Å²) in [6.45, 7) is 2.57. The van der Waals surface area contributed by atoms with Gasteiger partial charge in [-0.05, 0) is 54.5 Å². The van der Waals surface area contributed by atoms with Crippen LogP contribution in [0.1, 0.15) is 19.3 Å². The lowest BCUT2D eigenvalue weighted by Crippen LogP contribution is -2.30. The van der Waals surface area contributed by atoms with Gasteiger partial charge in [0.2, 0.25) is 5.91 Å². The molecule has 0 spiro atoms. The summed E-state index contributed by atoms with van der Waals surface area (Å²) in [5, 5.41) is 9.64. The van der Waals surface area contributed by atoms with Crippen molar-refractivity contribution < 1.29 is 9.21 Å². The SMILES string of the molecule is O=C(C1CC1)N1CC[C@@H](Cn2cnnc2-c2ccc(-c3ccc4occc4c3)cc2)C1. The van der Waals surface area contributed by atoms with E-state index in [0.29, 0.717) is 17.7 Å². The third kappa shape index (κ3) is 3.52. The van der Waals surface area contributed by atoms with Crippen molar-refractivity contribution in [2.75, 3.05) is 13.1 Å². The van der Waals surface area contributed by atoms with Gasteiger partial charge in [0.05, 0.1) is 6.26 Å². The van der Waals surface area contributed by atoms with Gasteiger partial charge in [-0.1, -0.05) is 30.3 Å². The fraction of sp³-hybridized carbons (Fsp3) is 0.320. The summed E-state index contributed by atoms with van der Waals surface area (Å²) >= 11 is 0. The Balaban J connectivity index is 1.18. The van der Waals surface area contributed by atoms with Crippen LogP contribution in [0.25, 0.3) is 33.5 Å². The summed E-state index contributed by atoms with van der Waals surface area (Å²) in [5.41, 5.74) is 4.27. The molecule has 0 radical (unpaired) electrons. The number of hydrogen-bond donors (Lipinski definition) is 0. The Labute approximate surface area is 180 Å². The van der Waals surface area contributed by atoms with Gasteiger partial charge in [0.15, 0.2) is 5.82 Å². The predicted octanol–water partition coefficient (Wildman–Crippen LogP) is 4.62. The molecular formula is C25H24N4O2. The number of fused-ring (bicyclic) bond motifs is 1. The van der Waals surface area contributed by atoms with E-state index in [4.69, 9.17) is 4.42 Å². The maximum atomic E-state index is 12.3. The van der Waals surface area contributed by atoms with E-state index >= 15 is 0 Å². The highest BCUT2D eigenvalue weighted by molar-refractivity contribution is 5.84. The van der Waals surface area contributed by atoms with Gasteiger partial charge < -0.3 is 13.9 Å². The molecule has 1 atom stereocenters. The van der Waals surface area contributed by atoms with Crippen LogP contribution in [-0.2, 0) is 11.3 Å². The van der Waals surface area contributed by atoms with E-state index in [1.807, 2.05) is 12.1 Å². The van der Waals surface area contributed by atoms with Crippen LogP contribution in [-0.4, -0.2) is 38.7 Å². The minimum Gasteiger partial charge on any atom is -0.464 e. The van der Waals surface area contributed by atoms with Gasteiger partial charge in [-0.2, -0.15) is 0 Å². The largest absolute Gasteiger partial charge is 0.464 e. The van der Waals surface area contributed by atoms with E-state index in [1.165, 1.54) is 0 Å². The van der Waals surface area contributed by atoms with Crippen molar-refractivity contribution in [3.8, 4) is 22.5 Å². The highest BCUT2D eigenvalue weighted by Gasteiger charge is 2.36. The number of aromatic nitrogens is 3. The smallest absolute Gasteiger partial charge is 0.225 e. The maximum Gasteiger partial charge on any atom is 0.225 e. The third-order valence-corrected chi connectivity index (χ3v) is 6.52. The quantitative estimate of drug-likeness (QED) is 0.480. The zero-order valence-electron chi connectivity index (χ0n) is 17.3. The van der Waals surface area contributed by atoms with E-state index in [2.05, 4.69) is 56.1 Å². The molecule has 1 saturated carbocycles. The maximum absolute atomic E-state index is 12.3. The standard InChI is InChI=1S/C25H24N4O2/c30-25(20-5-6-20)28-11-9-17(14-28)15-29-16-26-27-24(29)19-3-1-18(2-4-19)21-7-8-23-22(13-21)10-12-31-23/h1-4,7-8,10,12-13,16-17,20H,5-6,9,11,14-15H2/t17-/m1/s1. The van der Waals surface area contributed by atoms with Crippen LogP contribution in [0.3, 0.4) is 0 Å². The molecule has 1 aliphatic heterocycles. The molecule has 31 heavy (non-hydrogen) atoms. The molecule has 156 valence electrons. The number of hydrogen-bond acceptors (Lipinski definition) is 4. The van der Waals surface area contributed by atoms with Gasteiger partial charge >= 0.3 is 0 Å². The molecule has 6 heteroatoms. The van der Waals surface area contributed by atoms with Crippen molar-refractivity contribution in [2.45, 2.75) is 25.8 Å². The van der Waals surface area contributed by atoms with Crippen LogP contribution in [0, 0.1) is 11.8 Å². The van der Waals surface area contributed by atoms with E-state index in [0.717, 1.165) is 72.4 Å². The molecule has 1 saturated heterocycles. The third-order valence-electron chi connectivity index (χ3n) is 6.52. The molecule has 0 bridgehead atoms. The molecule has 3 heterocycles. The van der Waals surface area contributed by atoms with E-state index in [-0.39, 0.29) is 0 Å². The van der Waals surface area contributed by atoms with Gasteiger partial charge in [-0.25, -0.2) is 0 Å². The second-order valence-electron chi connectivity index (χ2n) is 8.77. The lowest BCUT2D eigenvalue weighted by atomic mass is 10.0. The summed E-state index contributed by atoms with van der Waals surface area (Å²) in [4.78, 5) is 14.4. The van der Waals surface area contributed by atoms with E-state index in [1.54, 1.807) is 12.6 Å². The second kappa shape index (κ2) is 7.38. The molecule has 0 N–H and O–H groups in total. The number of carbonyl (C=O) groups excluding carboxylic acids is 1. The first-order valence-corrected chi connectivity index (χ1v) is 11.0. The van der Waals surface area contributed by atoms with Crippen molar-refractivity contribution >= 4 is 16.9 Å². The Morgan fingerprint density at radius 2 is 1.81 bits per heavy atom. The summed E-state index contributed by atoms with van der Waals surface area (Å²) < 4.78 is 7.57. The van der Waals surface area contributed by atoms with Crippen LogP contribution in [0.5, 0.6) is 0 Å². The zero-order valence-corrected chi connectivity index (χ0v) is 17.3. The molecule has 2 fully saturated rings. The first-order valence-electron chi connectivity index (χ1n) is 11.0. The minimum atomic E-state index is 0.303. The van der Waals surface area contributed by atoms with Gasteiger partial charge in [0.25, 0.3) is 0 Å². The number of amides is 1. The first-order chi connectivity index (χ1) is 15.2. The number of furan rings is 1. The van der Waals surface area contributed by atoms with E-state index < -0.39 is 0 Å².